The van der Waals surface area contributed by atoms with Crippen LogP contribution >= 0.6 is 23.4 Å². The summed E-state index contributed by atoms with van der Waals surface area (Å²) in [5.41, 5.74) is 2.58. The van der Waals surface area contributed by atoms with Gasteiger partial charge in [-0.25, -0.2) is 4.39 Å². The van der Waals surface area contributed by atoms with Gasteiger partial charge in [0.15, 0.2) is 6.10 Å². The molecule has 140 valence electrons. The number of amides is 1. The zero-order valence-electron chi connectivity index (χ0n) is 15.1. The zero-order chi connectivity index (χ0) is 19.1. The molecule has 0 saturated carbocycles. The van der Waals surface area contributed by atoms with Crippen LogP contribution in [0.15, 0.2) is 36.4 Å². The van der Waals surface area contributed by atoms with E-state index in [9.17, 15) is 9.18 Å². The second-order valence-electron chi connectivity index (χ2n) is 6.07. The number of benzene rings is 2. The highest BCUT2D eigenvalue weighted by atomic mass is 35.5. The Morgan fingerprint density at radius 2 is 2.08 bits per heavy atom. The van der Waals surface area contributed by atoms with Gasteiger partial charge in [0.05, 0.1) is 0 Å². The summed E-state index contributed by atoms with van der Waals surface area (Å²) < 4.78 is 19.4. The first-order valence-electron chi connectivity index (χ1n) is 8.40. The van der Waals surface area contributed by atoms with Crippen LogP contribution in [0.25, 0.3) is 0 Å². The van der Waals surface area contributed by atoms with Crippen LogP contribution in [0.1, 0.15) is 23.6 Å². The van der Waals surface area contributed by atoms with Crippen molar-refractivity contribution in [1.29, 1.82) is 0 Å². The van der Waals surface area contributed by atoms with Gasteiger partial charge in [-0.3, -0.25) is 4.79 Å². The van der Waals surface area contributed by atoms with E-state index in [-0.39, 0.29) is 11.7 Å². The van der Waals surface area contributed by atoms with E-state index in [4.69, 9.17) is 16.3 Å². The third kappa shape index (κ3) is 5.92. The SMILES string of the molecule is Cc1ccc(C)c(O[C@H](C)C(=O)NCCSCc2c(F)cccc2Cl)c1. The minimum absolute atomic E-state index is 0.171. The summed E-state index contributed by atoms with van der Waals surface area (Å²) in [5.74, 6) is 1.37. The van der Waals surface area contributed by atoms with E-state index in [0.717, 1.165) is 16.9 Å². The minimum atomic E-state index is -0.582. The molecule has 0 bridgehead atoms. The van der Waals surface area contributed by atoms with Crippen LogP contribution in [0.3, 0.4) is 0 Å². The molecule has 0 aliphatic rings. The molecule has 2 aromatic carbocycles. The molecule has 0 heterocycles. The number of hydrogen-bond donors (Lipinski definition) is 1. The van der Waals surface area contributed by atoms with Crippen LogP contribution in [-0.2, 0) is 10.5 Å². The Morgan fingerprint density at radius 1 is 1.31 bits per heavy atom. The Balaban J connectivity index is 1.73. The van der Waals surface area contributed by atoms with E-state index in [2.05, 4.69) is 5.32 Å². The van der Waals surface area contributed by atoms with E-state index in [1.807, 2.05) is 32.0 Å². The van der Waals surface area contributed by atoms with Crippen molar-refractivity contribution in [2.45, 2.75) is 32.6 Å². The van der Waals surface area contributed by atoms with Crippen molar-refractivity contribution >= 4 is 29.3 Å². The second-order valence-corrected chi connectivity index (χ2v) is 7.59. The lowest BCUT2D eigenvalue weighted by molar-refractivity contribution is -0.127. The molecule has 2 rings (SSSR count). The highest BCUT2D eigenvalue weighted by molar-refractivity contribution is 7.98. The molecular weight excluding hydrogens is 373 g/mol. The molecule has 0 aliphatic carbocycles. The minimum Gasteiger partial charge on any atom is -0.481 e. The third-order valence-electron chi connectivity index (χ3n) is 3.87. The Labute approximate surface area is 163 Å². The zero-order valence-corrected chi connectivity index (χ0v) is 16.7. The second kappa shape index (κ2) is 9.83. The monoisotopic (exact) mass is 395 g/mol. The number of carbonyl (C=O) groups is 1. The fourth-order valence-corrected chi connectivity index (χ4v) is 3.51. The first-order valence-corrected chi connectivity index (χ1v) is 9.94. The van der Waals surface area contributed by atoms with Crippen molar-refractivity contribution in [3.8, 4) is 5.75 Å². The van der Waals surface area contributed by atoms with Crippen LogP contribution < -0.4 is 10.1 Å². The molecule has 1 atom stereocenters. The summed E-state index contributed by atoms with van der Waals surface area (Å²) in [6, 6.07) is 10.6. The molecule has 0 fully saturated rings. The highest BCUT2D eigenvalue weighted by Crippen LogP contribution is 2.23. The van der Waals surface area contributed by atoms with E-state index in [1.165, 1.54) is 17.8 Å². The van der Waals surface area contributed by atoms with Gasteiger partial charge in [0.1, 0.15) is 11.6 Å². The molecule has 6 heteroatoms. The molecule has 2 aromatic rings. The summed E-state index contributed by atoms with van der Waals surface area (Å²) in [7, 11) is 0. The number of nitrogens with one attached hydrogen (secondary N) is 1. The Bertz CT molecular complexity index is 749. The number of halogens is 2. The Kier molecular flexibility index (Phi) is 7.79. The first-order chi connectivity index (χ1) is 12.4. The van der Waals surface area contributed by atoms with Gasteiger partial charge in [0.25, 0.3) is 5.91 Å². The Morgan fingerprint density at radius 3 is 2.81 bits per heavy atom. The van der Waals surface area contributed by atoms with Crippen molar-refractivity contribution in [1.82, 2.24) is 5.32 Å². The maximum Gasteiger partial charge on any atom is 0.260 e. The Hall–Kier alpha value is -1.72. The summed E-state index contributed by atoms with van der Waals surface area (Å²) >= 11 is 7.51. The van der Waals surface area contributed by atoms with E-state index in [0.29, 0.717) is 28.6 Å². The van der Waals surface area contributed by atoms with Gasteiger partial charge in [-0.2, -0.15) is 11.8 Å². The molecule has 1 amide bonds. The summed E-state index contributed by atoms with van der Waals surface area (Å²) in [5, 5.41) is 3.27. The average molecular weight is 396 g/mol. The van der Waals surface area contributed by atoms with Gasteiger partial charge in [0, 0.05) is 28.6 Å². The maximum absolute atomic E-state index is 13.7. The molecule has 26 heavy (non-hydrogen) atoms. The van der Waals surface area contributed by atoms with Gasteiger partial charge in [-0.05, 0) is 50.1 Å². The van der Waals surface area contributed by atoms with Crippen LogP contribution in [0, 0.1) is 19.7 Å². The predicted molar refractivity (Wildman–Crippen MR) is 107 cm³/mol. The molecule has 0 radical (unpaired) electrons. The number of hydrogen-bond acceptors (Lipinski definition) is 3. The lowest BCUT2D eigenvalue weighted by atomic mass is 10.1. The van der Waals surface area contributed by atoms with Gasteiger partial charge in [-0.1, -0.05) is 29.8 Å². The lowest BCUT2D eigenvalue weighted by Crippen LogP contribution is -2.37. The largest absolute Gasteiger partial charge is 0.481 e. The molecule has 3 nitrogen and oxygen atoms in total. The standard InChI is InChI=1S/C20H23ClFNO2S/c1-13-7-8-14(2)19(11-13)25-15(3)20(24)23-9-10-26-12-16-17(21)5-4-6-18(16)22/h4-8,11,15H,9-10,12H2,1-3H3,(H,23,24)/t15-/m1/s1. The van der Waals surface area contributed by atoms with Gasteiger partial charge in [-0.15, -0.1) is 0 Å². The molecule has 0 saturated heterocycles. The smallest absolute Gasteiger partial charge is 0.260 e. The predicted octanol–water partition coefficient (Wildman–Crippen LogP) is 4.91. The number of carbonyl (C=O) groups excluding carboxylic acids is 1. The van der Waals surface area contributed by atoms with Crippen LogP contribution in [0.2, 0.25) is 5.02 Å². The maximum atomic E-state index is 13.7. The summed E-state index contributed by atoms with van der Waals surface area (Å²) in [6.07, 6.45) is -0.582. The number of aryl methyl sites for hydroxylation is 2. The molecule has 0 aliphatic heterocycles. The fourth-order valence-electron chi connectivity index (χ4n) is 2.31. The van der Waals surface area contributed by atoms with Crippen LogP contribution in [0.5, 0.6) is 5.75 Å². The van der Waals surface area contributed by atoms with E-state index >= 15 is 0 Å². The van der Waals surface area contributed by atoms with E-state index in [1.54, 1.807) is 19.1 Å². The van der Waals surface area contributed by atoms with Gasteiger partial charge >= 0.3 is 0 Å². The quantitative estimate of drug-likeness (QED) is 0.645. The molecule has 0 unspecified atom stereocenters. The molecule has 1 N–H and O–H groups in total. The fraction of sp³-hybridized carbons (Fsp3) is 0.350. The van der Waals surface area contributed by atoms with Crippen molar-refractivity contribution in [3.05, 3.63) is 63.9 Å². The average Bonchev–Trinajstić information content (AvgIpc) is 2.59. The number of ether oxygens (including phenoxy) is 1. The first kappa shape index (κ1) is 20.6. The highest BCUT2D eigenvalue weighted by Gasteiger charge is 2.15. The number of rotatable bonds is 8. The number of thioether (sulfide) groups is 1. The summed E-state index contributed by atoms with van der Waals surface area (Å²) in [4.78, 5) is 12.2. The van der Waals surface area contributed by atoms with E-state index < -0.39 is 6.10 Å². The van der Waals surface area contributed by atoms with Crippen molar-refractivity contribution in [2.24, 2.45) is 0 Å². The normalized spacial score (nSPS) is 11.9. The topological polar surface area (TPSA) is 38.3 Å². The van der Waals surface area contributed by atoms with Gasteiger partial charge in [0.2, 0.25) is 0 Å². The molecule has 0 aromatic heterocycles. The van der Waals surface area contributed by atoms with Crippen LogP contribution in [0.4, 0.5) is 4.39 Å². The van der Waals surface area contributed by atoms with Crippen molar-refractivity contribution in [2.75, 3.05) is 12.3 Å². The van der Waals surface area contributed by atoms with Crippen molar-refractivity contribution in [3.63, 3.8) is 0 Å². The van der Waals surface area contributed by atoms with Crippen molar-refractivity contribution < 1.29 is 13.9 Å². The molecular formula is C20H23ClFNO2S. The summed E-state index contributed by atoms with van der Waals surface area (Å²) in [6.45, 7) is 6.14. The van der Waals surface area contributed by atoms with Gasteiger partial charge < -0.3 is 10.1 Å². The third-order valence-corrected chi connectivity index (χ3v) is 5.21. The van der Waals surface area contributed by atoms with Crippen LogP contribution in [-0.4, -0.2) is 24.3 Å². The lowest BCUT2D eigenvalue weighted by Gasteiger charge is -2.16. The molecule has 0 spiro atoms.